The van der Waals surface area contributed by atoms with E-state index in [0.717, 1.165) is 4.90 Å². The summed E-state index contributed by atoms with van der Waals surface area (Å²) in [6.45, 7) is 2.15. The number of nitrogens with one attached hydrogen (secondary N) is 2. The summed E-state index contributed by atoms with van der Waals surface area (Å²) >= 11 is 0. The molecule has 2 aliphatic rings. The highest BCUT2D eigenvalue weighted by Crippen LogP contribution is 2.34. The van der Waals surface area contributed by atoms with Crippen molar-refractivity contribution in [2.45, 2.75) is 18.9 Å². The Morgan fingerprint density at radius 2 is 1.83 bits per heavy atom. The van der Waals surface area contributed by atoms with Gasteiger partial charge in [0.25, 0.3) is 5.91 Å². The Hall–Kier alpha value is -3.62. The molecule has 0 bridgehead atoms. The van der Waals surface area contributed by atoms with E-state index in [1.165, 1.54) is 24.3 Å². The van der Waals surface area contributed by atoms with E-state index in [4.69, 9.17) is 9.47 Å². The zero-order chi connectivity index (χ0) is 21.3. The Bertz CT molecular complexity index is 1010. The van der Waals surface area contributed by atoms with E-state index < -0.39 is 35.7 Å². The van der Waals surface area contributed by atoms with Gasteiger partial charge in [0.05, 0.1) is 0 Å². The molecule has 1 fully saturated rings. The average molecular weight is 413 g/mol. The predicted molar refractivity (Wildman–Crippen MR) is 105 cm³/mol. The SMILES string of the molecule is CC[C@]1(c2ccc(F)cc2)NC(=O)N(CC(=O)Nc2ccc3c(c2)OCCO3)C1=O. The third-order valence-electron chi connectivity index (χ3n) is 5.17. The largest absolute Gasteiger partial charge is 0.486 e. The molecule has 2 aromatic carbocycles. The van der Waals surface area contributed by atoms with Crippen molar-refractivity contribution in [3.63, 3.8) is 0 Å². The first kappa shape index (κ1) is 19.7. The van der Waals surface area contributed by atoms with Crippen LogP contribution in [0, 0.1) is 5.82 Å². The first-order chi connectivity index (χ1) is 14.4. The van der Waals surface area contributed by atoms with E-state index in [1.807, 2.05) is 0 Å². The third-order valence-corrected chi connectivity index (χ3v) is 5.17. The van der Waals surface area contributed by atoms with Gasteiger partial charge < -0.3 is 20.1 Å². The monoisotopic (exact) mass is 413 g/mol. The minimum Gasteiger partial charge on any atom is -0.486 e. The van der Waals surface area contributed by atoms with Crippen LogP contribution in [0.1, 0.15) is 18.9 Å². The van der Waals surface area contributed by atoms with E-state index in [-0.39, 0.29) is 6.42 Å². The topological polar surface area (TPSA) is 97.0 Å². The van der Waals surface area contributed by atoms with Crippen molar-refractivity contribution in [1.29, 1.82) is 0 Å². The lowest BCUT2D eigenvalue weighted by molar-refractivity contribution is -0.134. The van der Waals surface area contributed by atoms with Crippen LogP contribution in [0.3, 0.4) is 0 Å². The molecule has 4 amide bonds. The van der Waals surface area contributed by atoms with Gasteiger partial charge in [0.1, 0.15) is 31.1 Å². The number of ether oxygens (including phenoxy) is 2. The summed E-state index contributed by atoms with van der Waals surface area (Å²) in [6, 6.07) is 9.62. The highest BCUT2D eigenvalue weighted by molar-refractivity contribution is 6.10. The van der Waals surface area contributed by atoms with E-state index in [1.54, 1.807) is 25.1 Å². The minimum atomic E-state index is -1.33. The number of carbonyl (C=O) groups excluding carboxylic acids is 3. The summed E-state index contributed by atoms with van der Waals surface area (Å²) in [5.74, 6) is -0.451. The second kappa shape index (κ2) is 7.66. The van der Waals surface area contributed by atoms with Crippen LogP contribution in [0.25, 0.3) is 0 Å². The normalized spacial score (nSPS) is 20.1. The number of amides is 4. The molecule has 2 aliphatic heterocycles. The molecule has 2 aromatic rings. The van der Waals surface area contributed by atoms with Gasteiger partial charge in [-0.1, -0.05) is 19.1 Å². The summed E-state index contributed by atoms with van der Waals surface area (Å²) in [4.78, 5) is 38.9. The van der Waals surface area contributed by atoms with Crippen molar-refractivity contribution < 1.29 is 28.2 Å². The summed E-state index contributed by atoms with van der Waals surface area (Å²) in [5.41, 5.74) is -0.418. The minimum absolute atomic E-state index is 0.253. The summed E-state index contributed by atoms with van der Waals surface area (Å²) in [5, 5.41) is 5.32. The van der Waals surface area contributed by atoms with Crippen LogP contribution in [0.5, 0.6) is 11.5 Å². The Labute approximate surface area is 171 Å². The second-order valence-corrected chi connectivity index (χ2v) is 6.99. The standard InChI is InChI=1S/C21H20FN3O5/c1-2-21(13-3-5-14(22)6-4-13)19(27)25(20(28)24-21)12-18(26)23-15-7-8-16-17(11-15)30-10-9-29-16/h3-8,11H,2,9-10,12H2,1H3,(H,23,26)(H,24,28)/t21-/m1/s1. The Morgan fingerprint density at radius 3 is 2.53 bits per heavy atom. The summed E-state index contributed by atoms with van der Waals surface area (Å²) in [7, 11) is 0. The highest BCUT2D eigenvalue weighted by atomic mass is 19.1. The molecular weight excluding hydrogens is 393 g/mol. The maximum Gasteiger partial charge on any atom is 0.325 e. The maximum atomic E-state index is 13.3. The number of anilines is 1. The van der Waals surface area contributed by atoms with E-state index in [0.29, 0.717) is 36.0 Å². The molecule has 1 atom stereocenters. The number of carbonyl (C=O) groups is 3. The zero-order valence-electron chi connectivity index (χ0n) is 16.2. The van der Waals surface area contributed by atoms with Crippen molar-refractivity contribution >= 4 is 23.5 Å². The molecule has 4 rings (SSSR count). The fourth-order valence-corrected chi connectivity index (χ4v) is 3.61. The number of nitrogens with zero attached hydrogens (tertiary/aromatic N) is 1. The van der Waals surface area contributed by atoms with Gasteiger partial charge in [-0.3, -0.25) is 14.5 Å². The lowest BCUT2D eigenvalue weighted by atomic mass is 9.87. The lowest BCUT2D eigenvalue weighted by Gasteiger charge is -2.25. The van der Waals surface area contributed by atoms with Gasteiger partial charge in [0.15, 0.2) is 11.5 Å². The molecule has 2 heterocycles. The van der Waals surface area contributed by atoms with Crippen LogP contribution in [0.2, 0.25) is 0 Å². The van der Waals surface area contributed by atoms with Crippen LogP contribution < -0.4 is 20.1 Å². The lowest BCUT2D eigenvalue weighted by Crippen LogP contribution is -2.44. The first-order valence-electron chi connectivity index (χ1n) is 9.52. The third kappa shape index (κ3) is 3.42. The van der Waals surface area contributed by atoms with Gasteiger partial charge in [-0.05, 0) is 36.2 Å². The second-order valence-electron chi connectivity index (χ2n) is 6.99. The maximum absolute atomic E-state index is 13.3. The van der Waals surface area contributed by atoms with E-state index in [2.05, 4.69) is 10.6 Å². The Balaban J connectivity index is 1.49. The summed E-state index contributed by atoms with van der Waals surface area (Å²) < 4.78 is 24.2. The number of hydrogen-bond donors (Lipinski definition) is 2. The predicted octanol–water partition coefficient (Wildman–Crippen LogP) is 2.39. The van der Waals surface area contributed by atoms with Crippen molar-refractivity contribution in [1.82, 2.24) is 10.2 Å². The van der Waals surface area contributed by atoms with Crippen molar-refractivity contribution in [3.8, 4) is 11.5 Å². The van der Waals surface area contributed by atoms with Gasteiger partial charge in [-0.15, -0.1) is 0 Å². The number of benzene rings is 2. The zero-order valence-corrected chi connectivity index (χ0v) is 16.2. The van der Waals surface area contributed by atoms with E-state index in [9.17, 15) is 18.8 Å². The van der Waals surface area contributed by atoms with Gasteiger partial charge in [-0.2, -0.15) is 0 Å². The van der Waals surface area contributed by atoms with Gasteiger partial charge in [-0.25, -0.2) is 9.18 Å². The molecule has 0 spiro atoms. The molecule has 0 saturated carbocycles. The van der Waals surface area contributed by atoms with Gasteiger partial charge >= 0.3 is 6.03 Å². The van der Waals surface area contributed by atoms with Crippen LogP contribution in [-0.4, -0.2) is 42.5 Å². The molecule has 0 aromatic heterocycles. The van der Waals surface area contributed by atoms with Crippen LogP contribution in [-0.2, 0) is 15.1 Å². The number of urea groups is 1. The fourth-order valence-electron chi connectivity index (χ4n) is 3.61. The molecular formula is C21H20FN3O5. The van der Waals surface area contributed by atoms with Crippen molar-refractivity contribution in [3.05, 3.63) is 53.8 Å². The fraction of sp³-hybridized carbons (Fsp3) is 0.286. The molecule has 9 heteroatoms. The number of halogens is 1. The number of fused-ring (bicyclic) bond motifs is 1. The molecule has 1 saturated heterocycles. The highest BCUT2D eigenvalue weighted by Gasteiger charge is 2.51. The molecule has 0 radical (unpaired) electrons. The number of hydrogen-bond acceptors (Lipinski definition) is 5. The molecule has 0 aliphatic carbocycles. The average Bonchev–Trinajstić information content (AvgIpc) is 2.99. The van der Waals surface area contributed by atoms with Gasteiger partial charge in [0.2, 0.25) is 5.91 Å². The Morgan fingerprint density at radius 1 is 1.13 bits per heavy atom. The van der Waals surface area contributed by atoms with Gasteiger partial charge in [0, 0.05) is 11.8 Å². The number of rotatable bonds is 5. The van der Waals surface area contributed by atoms with Crippen LogP contribution >= 0.6 is 0 Å². The smallest absolute Gasteiger partial charge is 0.325 e. The van der Waals surface area contributed by atoms with Crippen LogP contribution in [0.4, 0.5) is 14.9 Å². The molecule has 2 N–H and O–H groups in total. The van der Waals surface area contributed by atoms with Crippen LogP contribution in [0.15, 0.2) is 42.5 Å². The molecule has 0 unspecified atom stereocenters. The summed E-state index contributed by atoms with van der Waals surface area (Å²) in [6.07, 6.45) is 0.253. The van der Waals surface area contributed by atoms with Crippen molar-refractivity contribution in [2.24, 2.45) is 0 Å². The Kier molecular flexibility index (Phi) is 5.03. The molecule has 30 heavy (non-hydrogen) atoms. The van der Waals surface area contributed by atoms with Crippen molar-refractivity contribution in [2.75, 3.05) is 25.1 Å². The van der Waals surface area contributed by atoms with E-state index >= 15 is 0 Å². The molecule has 156 valence electrons. The molecule has 8 nitrogen and oxygen atoms in total. The first-order valence-corrected chi connectivity index (χ1v) is 9.52. The quantitative estimate of drug-likeness (QED) is 0.734. The number of imide groups is 1.